The Kier molecular flexibility index (Phi) is 5.02. The highest BCUT2D eigenvalue weighted by molar-refractivity contribution is 7.88. The summed E-state index contributed by atoms with van der Waals surface area (Å²) in [6.07, 6.45) is 1.91. The molecule has 26 heavy (non-hydrogen) atoms. The molecule has 0 fully saturated rings. The third-order valence-electron chi connectivity index (χ3n) is 4.54. The van der Waals surface area contributed by atoms with Gasteiger partial charge in [0.2, 0.25) is 10.0 Å². The number of hydrogen-bond acceptors (Lipinski definition) is 4. The summed E-state index contributed by atoms with van der Waals surface area (Å²) in [5.74, 6) is -0.190. The Bertz CT molecular complexity index is 939. The first-order valence-electron chi connectivity index (χ1n) is 8.40. The molecular weight excluding hydrogens is 350 g/mol. The Labute approximate surface area is 154 Å². The van der Waals surface area contributed by atoms with E-state index >= 15 is 0 Å². The fourth-order valence-electron chi connectivity index (χ4n) is 3.02. The molecule has 6 nitrogen and oxygen atoms in total. The second-order valence-corrected chi connectivity index (χ2v) is 8.71. The van der Waals surface area contributed by atoms with Crippen LogP contribution < -0.4 is 10.2 Å². The largest absolute Gasteiger partial charge is 0.378 e. The monoisotopic (exact) mass is 373 g/mol. The zero-order valence-corrected chi connectivity index (χ0v) is 16.0. The van der Waals surface area contributed by atoms with Crippen LogP contribution in [0.1, 0.15) is 21.5 Å². The second-order valence-electron chi connectivity index (χ2n) is 6.73. The van der Waals surface area contributed by atoms with E-state index in [1.165, 1.54) is 10.6 Å². The summed E-state index contributed by atoms with van der Waals surface area (Å²) in [5.41, 5.74) is 4.25. The Morgan fingerprint density at radius 1 is 1.12 bits per heavy atom. The lowest BCUT2D eigenvalue weighted by molar-refractivity contribution is 0.102. The van der Waals surface area contributed by atoms with Crippen LogP contribution in [-0.4, -0.2) is 45.5 Å². The molecule has 2 aromatic carbocycles. The van der Waals surface area contributed by atoms with Gasteiger partial charge in [0.25, 0.3) is 5.91 Å². The van der Waals surface area contributed by atoms with Crippen LogP contribution >= 0.6 is 0 Å². The highest BCUT2D eigenvalue weighted by Crippen LogP contribution is 2.24. The van der Waals surface area contributed by atoms with Crippen molar-refractivity contribution in [1.29, 1.82) is 0 Å². The summed E-state index contributed by atoms with van der Waals surface area (Å²) in [4.78, 5) is 14.5. The summed E-state index contributed by atoms with van der Waals surface area (Å²) in [6, 6.07) is 13.1. The SMILES string of the molecule is CN(C)c1cccc(C(=O)Nc2ccc3c(c2)CN(S(C)(=O)=O)CC3)c1. The zero-order valence-electron chi connectivity index (χ0n) is 15.2. The summed E-state index contributed by atoms with van der Waals surface area (Å²) in [7, 11) is 0.630. The molecule has 0 bridgehead atoms. The van der Waals surface area contributed by atoms with Crippen LogP contribution in [-0.2, 0) is 23.0 Å². The lowest BCUT2D eigenvalue weighted by Gasteiger charge is -2.27. The standard InChI is InChI=1S/C19H23N3O3S/c1-21(2)18-6-4-5-15(12-18)19(23)20-17-8-7-14-9-10-22(26(3,24)25)13-16(14)11-17/h4-8,11-12H,9-10,13H2,1-3H3,(H,20,23). The molecule has 1 N–H and O–H groups in total. The summed E-state index contributed by atoms with van der Waals surface area (Å²) in [5, 5.41) is 2.90. The number of carbonyl (C=O) groups excluding carboxylic acids is 1. The van der Waals surface area contributed by atoms with E-state index in [-0.39, 0.29) is 5.91 Å². The van der Waals surface area contributed by atoms with Gasteiger partial charge in [0.1, 0.15) is 0 Å². The number of carbonyl (C=O) groups is 1. The molecule has 1 aliphatic heterocycles. The normalized spacial score (nSPS) is 14.6. The maximum atomic E-state index is 12.5. The van der Waals surface area contributed by atoms with Gasteiger partial charge in [-0.2, -0.15) is 4.31 Å². The lowest BCUT2D eigenvalue weighted by atomic mass is 10.0. The number of benzene rings is 2. The van der Waals surface area contributed by atoms with E-state index in [4.69, 9.17) is 0 Å². The molecule has 0 unspecified atom stereocenters. The van der Waals surface area contributed by atoms with Crippen LogP contribution in [0.15, 0.2) is 42.5 Å². The van der Waals surface area contributed by atoms with Gasteiger partial charge in [0.15, 0.2) is 0 Å². The van der Waals surface area contributed by atoms with Crippen molar-refractivity contribution in [3.63, 3.8) is 0 Å². The van der Waals surface area contributed by atoms with Gasteiger partial charge in [0, 0.05) is 44.1 Å². The molecule has 3 rings (SSSR count). The number of rotatable bonds is 4. The van der Waals surface area contributed by atoms with Crippen molar-refractivity contribution in [2.24, 2.45) is 0 Å². The van der Waals surface area contributed by atoms with Gasteiger partial charge < -0.3 is 10.2 Å². The quantitative estimate of drug-likeness (QED) is 0.893. The number of amides is 1. The molecule has 0 saturated heterocycles. The molecule has 0 radical (unpaired) electrons. The average Bonchev–Trinajstić information content (AvgIpc) is 2.60. The lowest BCUT2D eigenvalue weighted by Crippen LogP contribution is -2.35. The number of nitrogens with zero attached hydrogens (tertiary/aromatic N) is 2. The van der Waals surface area contributed by atoms with Gasteiger partial charge in [0.05, 0.1) is 6.26 Å². The van der Waals surface area contributed by atoms with Gasteiger partial charge in [-0.3, -0.25) is 4.79 Å². The second kappa shape index (κ2) is 7.09. The van der Waals surface area contributed by atoms with E-state index < -0.39 is 10.0 Å². The van der Waals surface area contributed by atoms with Gasteiger partial charge in [-0.25, -0.2) is 8.42 Å². The van der Waals surface area contributed by atoms with E-state index in [1.807, 2.05) is 55.4 Å². The zero-order chi connectivity index (χ0) is 18.9. The van der Waals surface area contributed by atoms with Crippen molar-refractivity contribution in [3.8, 4) is 0 Å². The Balaban J connectivity index is 1.79. The van der Waals surface area contributed by atoms with Crippen LogP contribution in [0.4, 0.5) is 11.4 Å². The maximum Gasteiger partial charge on any atom is 0.255 e. The number of nitrogens with one attached hydrogen (secondary N) is 1. The first kappa shape index (κ1) is 18.4. The number of fused-ring (bicyclic) bond motifs is 1. The molecule has 1 aliphatic rings. The van der Waals surface area contributed by atoms with E-state index in [1.54, 1.807) is 6.07 Å². The van der Waals surface area contributed by atoms with E-state index in [9.17, 15) is 13.2 Å². The van der Waals surface area contributed by atoms with E-state index in [0.29, 0.717) is 30.8 Å². The molecule has 0 spiro atoms. The molecular formula is C19H23N3O3S. The molecule has 1 heterocycles. The van der Waals surface area contributed by atoms with Gasteiger partial charge in [-0.15, -0.1) is 0 Å². The van der Waals surface area contributed by atoms with Crippen molar-refractivity contribution in [1.82, 2.24) is 4.31 Å². The Hall–Kier alpha value is -2.38. The molecule has 1 amide bonds. The molecule has 0 saturated carbocycles. The number of sulfonamides is 1. The predicted molar refractivity (Wildman–Crippen MR) is 104 cm³/mol. The van der Waals surface area contributed by atoms with Gasteiger partial charge in [-0.1, -0.05) is 12.1 Å². The fourth-order valence-corrected chi connectivity index (χ4v) is 3.82. The third-order valence-corrected chi connectivity index (χ3v) is 5.78. The smallest absolute Gasteiger partial charge is 0.255 e. The first-order valence-corrected chi connectivity index (χ1v) is 10.2. The Morgan fingerprint density at radius 2 is 1.88 bits per heavy atom. The fraction of sp³-hybridized carbons (Fsp3) is 0.316. The highest BCUT2D eigenvalue weighted by Gasteiger charge is 2.23. The van der Waals surface area contributed by atoms with Crippen molar-refractivity contribution >= 4 is 27.3 Å². The predicted octanol–water partition coefficient (Wildman–Crippen LogP) is 2.32. The maximum absolute atomic E-state index is 12.5. The van der Waals surface area contributed by atoms with Crippen LogP contribution in [0.3, 0.4) is 0 Å². The average molecular weight is 373 g/mol. The van der Waals surface area contributed by atoms with Crippen LogP contribution in [0.25, 0.3) is 0 Å². The van der Waals surface area contributed by atoms with Crippen molar-refractivity contribution < 1.29 is 13.2 Å². The minimum atomic E-state index is -3.22. The van der Waals surface area contributed by atoms with Gasteiger partial charge in [-0.05, 0) is 47.9 Å². The highest BCUT2D eigenvalue weighted by atomic mass is 32.2. The van der Waals surface area contributed by atoms with E-state index in [0.717, 1.165) is 16.8 Å². The van der Waals surface area contributed by atoms with Crippen LogP contribution in [0.2, 0.25) is 0 Å². The molecule has 0 aliphatic carbocycles. The first-order chi connectivity index (χ1) is 12.2. The minimum absolute atomic E-state index is 0.190. The number of hydrogen-bond donors (Lipinski definition) is 1. The molecule has 0 aromatic heterocycles. The minimum Gasteiger partial charge on any atom is -0.378 e. The van der Waals surface area contributed by atoms with Crippen molar-refractivity contribution in [2.75, 3.05) is 37.1 Å². The van der Waals surface area contributed by atoms with E-state index in [2.05, 4.69) is 5.32 Å². The topological polar surface area (TPSA) is 69.7 Å². The molecule has 2 aromatic rings. The van der Waals surface area contributed by atoms with Crippen molar-refractivity contribution in [3.05, 3.63) is 59.2 Å². The summed E-state index contributed by atoms with van der Waals surface area (Å²) < 4.78 is 25.0. The third kappa shape index (κ3) is 4.05. The summed E-state index contributed by atoms with van der Waals surface area (Å²) in [6.45, 7) is 0.836. The van der Waals surface area contributed by atoms with Crippen LogP contribution in [0, 0.1) is 0 Å². The molecule has 0 atom stereocenters. The molecule has 7 heteroatoms. The van der Waals surface area contributed by atoms with Crippen LogP contribution in [0.5, 0.6) is 0 Å². The summed E-state index contributed by atoms with van der Waals surface area (Å²) >= 11 is 0. The van der Waals surface area contributed by atoms with Gasteiger partial charge >= 0.3 is 0 Å². The van der Waals surface area contributed by atoms with Crippen molar-refractivity contribution in [2.45, 2.75) is 13.0 Å². The Morgan fingerprint density at radius 3 is 2.58 bits per heavy atom. The molecule has 138 valence electrons. The number of anilines is 2.